The second-order valence-corrected chi connectivity index (χ2v) is 11.0. The van der Waals surface area contributed by atoms with Crippen LogP contribution in [0.4, 0.5) is 0 Å². The molecule has 4 saturated carbocycles. The van der Waals surface area contributed by atoms with E-state index in [1.165, 1.54) is 19.3 Å². The zero-order valence-electron chi connectivity index (χ0n) is 17.2. The van der Waals surface area contributed by atoms with Crippen LogP contribution in [0.5, 0.6) is 0 Å². The highest BCUT2D eigenvalue weighted by Crippen LogP contribution is 2.60. The van der Waals surface area contributed by atoms with E-state index in [4.69, 9.17) is 0 Å². The second-order valence-electron chi connectivity index (χ2n) is 10.1. The third kappa shape index (κ3) is 3.43. The molecule has 4 nitrogen and oxygen atoms in total. The molecule has 0 spiro atoms. The first kappa shape index (κ1) is 19.6. The van der Waals surface area contributed by atoms with Crippen LogP contribution in [0.25, 0.3) is 0 Å². The summed E-state index contributed by atoms with van der Waals surface area (Å²) in [6, 6.07) is 7.60. The van der Waals surface area contributed by atoms with Crippen molar-refractivity contribution in [1.29, 1.82) is 0 Å². The summed E-state index contributed by atoms with van der Waals surface area (Å²) in [5, 5.41) is 3.17. The van der Waals surface area contributed by atoms with Crippen molar-refractivity contribution >= 4 is 27.7 Å². The summed E-state index contributed by atoms with van der Waals surface area (Å²) < 4.78 is 1.00. The van der Waals surface area contributed by atoms with Gasteiger partial charge < -0.3 is 10.2 Å². The molecule has 5 aliphatic rings. The van der Waals surface area contributed by atoms with Gasteiger partial charge >= 0.3 is 0 Å². The molecular formula is C24H31BrN2O2. The molecule has 2 atom stereocenters. The van der Waals surface area contributed by atoms with E-state index >= 15 is 0 Å². The van der Waals surface area contributed by atoms with Crippen LogP contribution >= 0.6 is 15.9 Å². The van der Waals surface area contributed by atoms with E-state index in [0.29, 0.717) is 5.91 Å². The Bertz CT molecular complexity index is 788. The normalized spacial score (nSPS) is 36.3. The molecule has 5 heteroatoms. The maximum atomic E-state index is 13.8. The molecular weight excluding hydrogens is 428 g/mol. The largest absolute Gasteiger partial charge is 0.348 e. The van der Waals surface area contributed by atoms with E-state index in [1.807, 2.05) is 36.1 Å². The Kier molecular flexibility index (Phi) is 5.00. The standard InChI is InChI=1S/C24H31BrN2O2/c1-15(19-5-2-3-6-20(19)25)26-22(28)21-7-4-8-27(21)23(29)24-12-16-9-17(13-24)11-18(10-16)14-24/h2-3,5-6,15-18,21H,4,7-14H2,1H3,(H,26,28). The highest BCUT2D eigenvalue weighted by molar-refractivity contribution is 9.10. The molecule has 2 unspecified atom stereocenters. The van der Waals surface area contributed by atoms with Crippen molar-refractivity contribution in [2.75, 3.05) is 6.54 Å². The Labute approximate surface area is 181 Å². The number of benzene rings is 1. The van der Waals surface area contributed by atoms with E-state index in [2.05, 4.69) is 21.2 Å². The lowest BCUT2D eigenvalue weighted by atomic mass is 9.49. The number of rotatable bonds is 4. The molecule has 29 heavy (non-hydrogen) atoms. The summed E-state index contributed by atoms with van der Waals surface area (Å²) >= 11 is 3.58. The van der Waals surface area contributed by atoms with Crippen molar-refractivity contribution in [3.05, 3.63) is 34.3 Å². The van der Waals surface area contributed by atoms with E-state index in [-0.39, 0.29) is 23.4 Å². The fourth-order valence-corrected chi connectivity index (χ4v) is 7.80. The highest BCUT2D eigenvalue weighted by Gasteiger charge is 2.56. The Morgan fingerprint density at radius 2 is 1.72 bits per heavy atom. The van der Waals surface area contributed by atoms with Crippen molar-refractivity contribution < 1.29 is 9.59 Å². The van der Waals surface area contributed by atoms with Crippen LogP contribution in [0.15, 0.2) is 28.7 Å². The lowest BCUT2D eigenvalue weighted by molar-refractivity contribution is -0.160. The van der Waals surface area contributed by atoms with Gasteiger partial charge in [-0.2, -0.15) is 0 Å². The first-order valence-corrected chi connectivity index (χ1v) is 12.1. The van der Waals surface area contributed by atoms with Gasteiger partial charge in [0.2, 0.25) is 11.8 Å². The predicted molar refractivity (Wildman–Crippen MR) is 116 cm³/mol. The van der Waals surface area contributed by atoms with E-state index in [0.717, 1.165) is 66.4 Å². The van der Waals surface area contributed by atoms with Gasteiger partial charge in [0.1, 0.15) is 6.04 Å². The van der Waals surface area contributed by atoms with Gasteiger partial charge in [0, 0.05) is 11.0 Å². The molecule has 1 aromatic carbocycles. The summed E-state index contributed by atoms with van der Waals surface area (Å²) in [7, 11) is 0. The van der Waals surface area contributed by atoms with Crippen LogP contribution in [0.2, 0.25) is 0 Å². The molecule has 4 aliphatic carbocycles. The number of nitrogens with one attached hydrogen (secondary N) is 1. The number of nitrogens with zero attached hydrogens (tertiary/aromatic N) is 1. The molecule has 6 rings (SSSR count). The molecule has 0 radical (unpaired) electrons. The maximum absolute atomic E-state index is 13.8. The number of hydrogen-bond donors (Lipinski definition) is 1. The molecule has 1 aromatic rings. The summed E-state index contributed by atoms with van der Waals surface area (Å²) in [6.07, 6.45) is 8.91. The van der Waals surface area contributed by atoms with Crippen molar-refractivity contribution in [2.45, 2.75) is 70.4 Å². The van der Waals surface area contributed by atoms with Crippen molar-refractivity contribution in [3.8, 4) is 0 Å². The lowest BCUT2D eigenvalue weighted by Gasteiger charge is -2.56. The van der Waals surface area contributed by atoms with Gasteiger partial charge in [-0.1, -0.05) is 34.1 Å². The van der Waals surface area contributed by atoms with Crippen LogP contribution < -0.4 is 5.32 Å². The summed E-state index contributed by atoms with van der Waals surface area (Å²) in [5.41, 5.74) is 0.906. The van der Waals surface area contributed by atoms with Crippen molar-refractivity contribution in [3.63, 3.8) is 0 Å². The van der Waals surface area contributed by atoms with Crippen LogP contribution in [0.3, 0.4) is 0 Å². The molecule has 1 saturated heterocycles. The van der Waals surface area contributed by atoms with Gasteiger partial charge in [0.05, 0.1) is 11.5 Å². The second kappa shape index (κ2) is 7.40. The number of hydrogen-bond acceptors (Lipinski definition) is 2. The number of amides is 2. The average molecular weight is 459 g/mol. The van der Waals surface area contributed by atoms with E-state index < -0.39 is 0 Å². The summed E-state index contributed by atoms with van der Waals surface area (Å²) in [6.45, 7) is 2.75. The minimum atomic E-state index is -0.305. The first-order chi connectivity index (χ1) is 13.9. The zero-order valence-corrected chi connectivity index (χ0v) is 18.8. The number of carbonyl (C=O) groups excluding carboxylic acids is 2. The molecule has 1 aliphatic heterocycles. The smallest absolute Gasteiger partial charge is 0.243 e. The van der Waals surface area contributed by atoms with E-state index in [9.17, 15) is 9.59 Å². The highest BCUT2D eigenvalue weighted by atomic mass is 79.9. The quantitative estimate of drug-likeness (QED) is 0.701. The molecule has 2 amide bonds. The van der Waals surface area contributed by atoms with E-state index in [1.54, 1.807) is 0 Å². The Hall–Kier alpha value is -1.36. The van der Waals surface area contributed by atoms with Gasteiger partial charge in [-0.25, -0.2) is 0 Å². The SMILES string of the molecule is CC(NC(=O)C1CCCN1C(=O)C12CC3CC(CC(C3)C1)C2)c1ccccc1Br. The number of likely N-dealkylation sites (tertiary alicyclic amines) is 1. The fourth-order valence-electron chi connectivity index (χ4n) is 7.17. The molecule has 0 aromatic heterocycles. The Morgan fingerprint density at radius 1 is 1.10 bits per heavy atom. The van der Waals surface area contributed by atoms with Gasteiger partial charge in [0.25, 0.3) is 0 Å². The van der Waals surface area contributed by atoms with Gasteiger partial charge in [0.15, 0.2) is 0 Å². The topological polar surface area (TPSA) is 49.4 Å². The van der Waals surface area contributed by atoms with Gasteiger partial charge in [-0.15, -0.1) is 0 Å². The maximum Gasteiger partial charge on any atom is 0.243 e. The van der Waals surface area contributed by atoms with Crippen molar-refractivity contribution in [2.24, 2.45) is 23.2 Å². The van der Waals surface area contributed by atoms with Gasteiger partial charge in [-0.3, -0.25) is 9.59 Å². The number of halogens is 1. The minimum absolute atomic E-state index is 0.00355. The Balaban J connectivity index is 1.30. The summed E-state index contributed by atoms with van der Waals surface area (Å²) in [5.74, 6) is 2.54. The average Bonchev–Trinajstić information content (AvgIpc) is 3.16. The molecule has 4 bridgehead atoms. The minimum Gasteiger partial charge on any atom is -0.348 e. The van der Waals surface area contributed by atoms with Crippen LogP contribution in [-0.2, 0) is 9.59 Å². The third-order valence-corrected chi connectivity index (χ3v) is 8.76. The Morgan fingerprint density at radius 3 is 2.34 bits per heavy atom. The van der Waals surface area contributed by atoms with Crippen LogP contribution in [-0.4, -0.2) is 29.3 Å². The lowest BCUT2D eigenvalue weighted by Crippen LogP contribution is -2.57. The molecule has 156 valence electrons. The van der Waals surface area contributed by atoms with Crippen molar-refractivity contribution in [1.82, 2.24) is 10.2 Å². The predicted octanol–water partition coefficient (Wildman–Crippen LogP) is 4.83. The van der Waals surface area contributed by atoms with Crippen LogP contribution in [0.1, 0.15) is 69.9 Å². The van der Waals surface area contributed by atoms with Crippen LogP contribution in [0, 0.1) is 23.2 Å². The fraction of sp³-hybridized carbons (Fsp3) is 0.667. The molecule has 5 fully saturated rings. The molecule has 1 heterocycles. The number of carbonyl (C=O) groups is 2. The zero-order chi connectivity index (χ0) is 20.2. The monoisotopic (exact) mass is 458 g/mol. The third-order valence-electron chi connectivity index (χ3n) is 8.04. The van der Waals surface area contributed by atoms with Gasteiger partial charge in [-0.05, 0) is 87.7 Å². The first-order valence-electron chi connectivity index (χ1n) is 11.3. The summed E-state index contributed by atoms with van der Waals surface area (Å²) in [4.78, 5) is 28.9. The molecule has 1 N–H and O–H groups in total.